The third-order valence-electron chi connectivity index (χ3n) is 4.22. The molecule has 1 aromatic carbocycles. The van der Waals surface area contributed by atoms with Crippen LogP contribution in [0.25, 0.3) is 0 Å². The fraction of sp³-hybridized carbons (Fsp3) is 0.684. The Morgan fingerprint density at radius 1 is 1.10 bits per heavy atom. The molecule has 0 aliphatic heterocycles. The summed E-state index contributed by atoms with van der Waals surface area (Å²) >= 11 is 0. The van der Waals surface area contributed by atoms with Crippen LogP contribution >= 0.6 is 0 Å². The SMILES string of the molecule is CCCNC(COC(C)(C)CC)c1c(C)cc(C)cc1C. The van der Waals surface area contributed by atoms with Gasteiger partial charge in [0.1, 0.15) is 0 Å². The number of rotatable bonds is 8. The molecule has 0 spiro atoms. The Balaban J connectivity index is 2.97. The minimum Gasteiger partial charge on any atom is -0.374 e. The van der Waals surface area contributed by atoms with Crippen molar-refractivity contribution in [1.29, 1.82) is 0 Å². The molecule has 120 valence electrons. The van der Waals surface area contributed by atoms with Crippen molar-refractivity contribution in [2.45, 2.75) is 73.0 Å². The van der Waals surface area contributed by atoms with E-state index in [9.17, 15) is 0 Å². The lowest BCUT2D eigenvalue weighted by atomic mass is 9.94. The second-order valence-electron chi connectivity index (χ2n) is 6.74. The highest BCUT2D eigenvalue weighted by atomic mass is 16.5. The first-order valence-corrected chi connectivity index (χ1v) is 8.25. The van der Waals surface area contributed by atoms with Crippen LogP contribution in [0.15, 0.2) is 12.1 Å². The highest BCUT2D eigenvalue weighted by Crippen LogP contribution is 2.26. The summed E-state index contributed by atoms with van der Waals surface area (Å²) in [7, 11) is 0. The molecule has 1 unspecified atom stereocenters. The van der Waals surface area contributed by atoms with E-state index in [2.05, 4.69) is 65.9 Å². The van der Waals surface area contributed by atoms with Crippen LogP contribution < -0.4 is 5.32 Å². The molecule has 0 heterocycles. The van der Waals surface area contributed by atoms with Crippen LogP contribution in [-0.2, 0) is 4.74 Å². The van der Waals surface area contributed by atoms with Crippen molar-refractivity contribution >= 4 is 0 Å². The van der Waals surface area contributed by atoms with Gasteiger partial charge in [0.15, 0.2) is 0 Å². The van der Waals surface area contributed by atoms with Crippen molar-refractivity contribution < 1.29 is 4.74 Å². The van der Waals surface area contributed by atoms with Crippen LogP contribution in [-0.4, -0.2) is 18.8 Å². The molecule has 0 bridgehead atoms. The number of benzene rings is 1. The third-order valence-corrected chi connectivity index (χ3v) is 4.22. The third kappa shape index (κ3) is 5.44. The van der Waals surface area contributed by atoms with Gasteiger partial charge in [-0.1, -0.05) is 31.5 Å². The topological polar surface area (TPSA) is 21.3 Å². The lowest BCUT2D eigenvalue weighted by Gasteiger charge is -2.29. The molecule has 0 aliphatic rings. The van der Waals surface area contributed by atoms with Crippen LogP contribution in [0.1, 0.15) is 68.8 Å². The Morgan fingerprint density at radius 3 is 2.14 bits per heavy atom. The summed E-state index contributed by atoms with van der Waals surface area (Å²) in [5.41, 5.74) is 5.40. The summed E-state index contributed by atoms with van der Waals surface area (Å²) in [6.45, 7) is 17.0. The van der Waals surface area contributed by atoms with Crippen LogP contribution in [0.4, 0.5) is 0 Å². The molecule has 0 fully saturated rings. The van der Waals surface area contributed by atoms with Gasteiger partial charge in [0.05, 0.1) is 18.2 Å². The molecule has 0 saturated carbocycles. The number of aryl methyl sites for hydroxylation is 3. The minimum absolute atomic E-state index is 0.0569. The summed E-state index contributed by atoms with van der Waals surface area (Å²) in [4.78, 5) is 0. The quantitative estimate of drug-likeness (QED) is 0.738. The molecule has 0 aliphatic carbocycles. The zero-order valence-corrected chi connectivity index (χ0v) is 15.0. The average Bonchev–Trinajstić information content (AvgIpc) is 2.40. The van der Waals surface area contributed by atoms with Gasteiger partial charge in [-0.15, -0.1) is 0 Å². The second-order valence-corrected chi connectivity index (χ2v) is 6.74. The predicted molar refractivity (Wildman–Crippen MR) is 92.0 cm³/mol. The lowest BCUT2D eigenvalue weighted by molar-refractivity contribution is -0.0309. The van der Waals surface area contributed by atoms with Gasteiger partial charge < -0.3 is 10.1 Å². The van der Waals surface area contributed by atoms with Crippen LogP contribution in [0.5, 0.6) is 0 Å². The maximum absolute atomic E-state index is 6.17. The molecule has 2 heteroatoms. The monoisotopic (exact) mass is 291 g/mol. The number of ether oxygens (including phenoxy) is 1. The van der Waals surface area contributed by atoms with Gasteiger partial charge in [-0.25, -0.2) is 0 Å². The Hall–Kier alpha value is -0.860. The van der Waals surface area contributed by atoms with Crippen LogP contribution in [0, 0.1) is 20.8 Å². The maximum Gasteiger partial charge on any atom is 0.0668 e. The Morgan fingerprint density at radius 2 is 1.67 bits per heavy atom. The van der Waals surface area contributed by atoms with Gasteiger partial charge in [-0.3, -0.25) is 0 Å². The van der Waals surface area contributed by atoms with Crippen LogP contribution in [0.3, 0.4) is 0 Å². The fourth-order valence-corrected chi connectivity index (χ4v) is 2.71. The van der Waals surface area contributed by atoms with Gasteiger partial charge in [-0.2, -0.15) is 0 Å². The molecule has 0 radical (unpaired) electrons. The van der Waals surface area contributed by atoms with Crippen molar-refractivity contribution in [3.05, 3.63) is 34.4 Å². The molecule has 1 aromatic rings. The number of hydrogen-bond acceptors (Lipinski definition) is 2. The van der Waals surface area contributed by atoms with Gasteiger partial charge in [0.2, 0.25) is 0 Å². The minimum atomic E-state index is -0.0569. The molecule has 1 atom stereocenters. The van der Waals surface area contributed by atoms with Gasteiger partial charge >= 0.3 is 0 Å². The average molecular weight is 291 g/mol. The van der Waals surface area contributed by atoms with Crippen molar-refractivity contribution in [2.75, 3.05) is 13.2 Å². The first-order valence-electron chi connectivity index (χ1n) is 8.25. The first-order chi connectivity index (χ1) is 9.80. The summed E-state index contributed by atoms with van der Waals surface area (Å²) < 4.78 is 6.17. The summed E-state index contributed by atoms with van der Waals surface area (Å²) in [6.07, 6.45) is 2.16. The lowest BCUT2D eigenvalue weighted by Crippen LogP contribution is -2.33. The summed E-state index contributed by atoms with van der Waals surface area (Å²) in [5.74, 6) is 0. The molecular formula is C19H33NO. The van der Waals surface area contributed by atoms with E-state index in [4.69, 9.17) is 4.74 Å². The normalized spacial score (nSPS) is 13.5. The van der Waals surface area contributed by atoms with Crippen molar-refractivity contribution in [3.63, 3.8) is 0 Å². The van der Waals surface area contributed by atoms with Crippen molar-refractivity contribution in [3.8, 4) is 0 Å². The van der Waals surface area contributed by atoms with E-state index >= 15 is 0 Å². The smallest absolute Gasteiger partial charge is 0.0668 e. The van der Waals surface area contributed by atoms with Gasteiger partial charge in [0.25, 0.3) is 0 Å². The van der Waals surface area contributed by atoms with Crippen molar-refractivity contribution in [2.24, 2.45) is 0 Å². The fourth-order valence-electron chi connectivity index (χ4n) is 2.71. The van der Waals surface area contributed by atoms with E-state index in [-0.39, 0.29) is 11.6 Å². The van der Waals surface area contributed by atoms with E-state index in [0.29, 0.717) is 0 Å². The molecular weight excluding hydrogens is 258 g/mol. The number of hydrogen-bond donors (Lipinski definition) is 1. The zero-order chi connectivity index (χ0) is 16.0. The van der Waals surface area contributed by atoms with E-state index in [1.54, 1.807) is 0 Å². The van der Waals surface area contributed by atoms with E-state index < -0.39 is 0 Å². The Labute approximate surface area is 131 Å². The van der Waals surface area contributed by atoms with Gasteiger partial charge in [-0.05, 0) is 70.7 Å². The molecule has 1 rings (SSSR count). The van der Waals surface area contributed by atoms with Crippen molar-refractivity contribution in [1.82, 2.24) is 5.32 Å². The first kappa shape index (κ1) is 18.2. The molecule has 2 nitrogen and oxygen atoms in total. The Bertz CT molecular complexity index is 428. The highest BCUT2D eigenvalue weighted by molar-refractivity contribution is 5.39. The molecule has 0 saturated heterocycles. The van der Waals surface area contributed by atoms with E-state index in [1.165, 1.54) is 22.3 Å². The largest absolute Gasteiger partial charge is 0.374 e. The van der Waals surface area contributed by atoms with E-state index in [0.717, 1.165) is 26.0 Å². The predicted octanol–water partition coefficient (Wildman–Crippen LogP) is 4.86. The highest BCUT2D eigenvalue weighted by Gasteiger charge is 2.21. The maximum atomic E-state index is 6.17. The summed E-state index contributed by atoms with van der Waals surface area (Å²) in [6, 6.07) is 4.82. The summed E-state index contributed by atoms with van der Waals surface area (Å²) in [5, 5.41) is 3.66. The molecule has 0 aromatic heterocycles. The molecule has 0 amide bonds. The Kier molecular flexibility index (Phi) is 6.89. The molecule has 21 heavy (non-hydrogen) atoms. The standard InChI is InChI=1S/C19H33NO/c1-8-10-20-17(13-21-19(6,7)9-2)18-15(4)11-14(3)12-16(18)5/h11-12,17,20H,8-10,13H2,1-7H3. The van der Waals surface area contributed by atoms with Gasteiger partial charge in [0, 0.05) is 0 Å². The zero-order valence-electron chi connectivity index (χ0n) is 15.0. The van der Waals surface area contributed by atoms with Crippen LogP contribution in [0.2, 0.25) is 0 Å². The second kappa shape index (κ2) is 7.95. The molecule has 1 N–H and O–H groups in total. The number of nitrogens with one attached hydrogen (secondary N) is 1. The van der Waals surface area contributed by atoms with E-state index in [1.807, 2.05) is 0 Å².